The van der Waals surface area contributed by atoms with Crippen LogP contribution in [0, 0.1) is 24.4 Å². The van der Waals surface area contributed by atoms with Crippen molar-refractivity contribution in [1.29, 1.82) is 0 Å². The van der Waals surface area contributed by atoms with Gasteiger partial charge in [0.1, 0.15) is 66.6 Å². The van der Waals surface area contributed by atoms with E-state index in [1.54, 1.807) is 24.3 Å². The number of halogens is 17. The van der Waals surface area contributed by atoms with Gasteiger partial charge in [-0.2, -0.15) is 39.5 Å². The molecule has 0 amide bonds. The summed E-state index contributed by atoms with van der Waals surface area (Å²) in [5, 5.41) is 42.2. The van der Waals surface area contributed by atoms with E-state index in [2.05, 4.69) is 68.6 Å². The predicted molar refractivity (Wildman–Crippen MR) is 435 cm³/mol. The Balaban J connectivity index is 0.000000706. The molecule has 11 rings (SSSR count). The Labute approximate surface area is 705 Å². The Kier molecular flexibility index (Phi) is 45.1. The summed E-state index contributed by atoms with van der Waals surface area (Å²) in [5.41, 5.74) is 6.58. The van der Waals surface area contributed by atoms with E-state index in [1.807, 2.05) is 28.7 Å². The zero-order valence-corrected chi connectivity index (χ0v) is 70.9. The fourth-order valence-electron chi connectivity index (χ4n) is 8.91. The predicted octanol–water partition coefficient (Wildman–Crippen LogP) is 13.8. The summed E-state index contributed by atoms with van der Waals surface area (Å²) in [5.74, 6) is -2.23. The molecule has 0 bridgehead atoms. The van der Waals surface area contributed by atoms with Crippen LogP contribution in [0.15, 0.2) is 221 Å². The third-order valence-corrected chi connectivity index (χ3v) is 22.5. The lowest BCUT2D eigenvalue weighted by Gasteiger charge is -2.10. The number of aryl methyl sites for hydroxylation is 1. The second-order valence-electron chi connectivity index (χ2n) is 22.3. The lowest BCUT2D eigenvalue weighted by molar-refractivity contribution is -0.138. The van der Waals surface area contributed by atoms with Gasteiger partial charge in [0.2, 0.25) is 40.1 Å². The van der Waals surface area contributed by atoms with Gasteiger partial charge in [-0.3, -0.25) is 4.39 Å². The minimum atomic E-state index is -4.48. The van der Waals surface area contributed by atoms with E-state index in [4.69, 9.17) is 52.6 Å². The molecule has 9 aromatic rings. The highest BCUT2D eigenvalue weighted by atomic mass is 127. The van der Waals surface area contributed by atoms with Gasteiger partial charge >= 0.3 is 25.6 Å². The normalized spacial score (nSPS) is 13.1. The Morgan fingerprint density at radius 1 is 0.496 bits per heavy atom. The minimum absolute atomic E-state index is 0. The first-order valence-electron chi connectivity index (χ1n) is 33.1. The molecule has 646 valence electrons. The number of sulfonamides is 4. The van der Waals surface area contributed by atoms with Gasteiger partial charge in [-0.25, -0.2) is 74.1 Å². The molecular formula is C72H79BBr2ClF13IN5O17S5. The first-order valence-corrected chi connectivity index (χ1v) is 44.1. The van der Waals surface area contributed by atoms with Gasteiger partial charge in [-0.1, -0.05) is 154 Å². The highest BCUT2D eigenvalue weighted by Crippen LogP contribution is 2.38. The molecule has 0 aromatic heterocycles. The molecule has 22 nitrogen and oxygen atoms in total. The quantitative estimate of drug-likeness (QED) is 0.0159. The summed E-state index contributed by atoms with van der Waals surface area (Å²) in [7, 11) is -14.1. The van der Waals surface area contributed by atoms with Crippen LogP contribution >= 0.6 is 65.1 Å². The number of hydrogen-bond donors (Lipinski definition) is 10. The molecule has 0 radical (unpaired) electrons. The van der Waals surface area contributed by atoms with Crippen molar-refractivity contribution >= 4 is 127 Å². The van der Waals surface area contributed by atoms with Crippen LogP contribution in [0.1, 0.15) is 38.5 Å². The lowest BCUT2D eigenvalue weighted by atomic mass is 9.80. The number of nitrogens with two attached hydrogens (primary N) is 1. The highest BCUT2D eigenvalue weighted by molar-refractivity contribution is 14.1. The van der Waals surface area contributed by atoms with Crippen LogP contribution in [-0.4, -0.2) is 152 Å². The molecule has 0 saturated heterocycles. The van der Waals surface area contributed by atoms with Crippen molar-refractivity contribution in [2.24, 2.45) is 5.73 Å². The molecule has 2 aliphatic rings. The molecule has 2 aliphatic heterocycles. The van der Waals surface area contributed by atoms with Crippen LogP contribution in [0.25, 0.3) is 33.4 Å². The number of fused-ring (bicyclic) bond motifs is 2. The van der Waals surface area contributed by atoms with Crippen molar-refractivity contribution in [2.45, 2.75) is 64.8 Å². The standard InChI is InChI=1S/C15H13F4NO3S.2C15H12F3NO3S.C8H9BrFNO3S.C7H9BO2.C6H3BrClFO2S.C2H7NO.CH3F.CH3I.2CH4/c16-13-6-3-11(9-14(13)24(22,23)20-7-8-21)10-1-4-12(5-2-10)15(17,18)19;2*16-15(17,18)12-4-1-10(2-5-12)11-3-6-13-14(9-11)23(20,21)19-7-8-22-13;9-6-1-2-7(10)8(5-6)15(13,14)11-3-4-12;1-6-2-4-7(5-3-6)8(9)10;7-4-1-2-5(9)6(3-4)12(8,10)11;3-1-2-4;2*1-2;;/h1-6,9,20-21H,7-8H2;2*1-6,9,19H,7-8H2;1-2,5,11-12H,3-4H2;2-5,9-10H,1H3;1-3H;4H,1-3H2;2*1H3;2*1H4/i;;;;;;;;;1D;. The van der Waals surface area contributed by atoms with Crippen LogP contribution in [-0.2, 0) is 67.7 Å². The van der Waals surface area contributed by atoms with Gasteiger partial charge in [-0.05, 0) is 160 Å². The van der Waals surface area contributed by atoms with Gasteiger partial charge in [0, 0.05) is 53.7 Å². The first-order chi connectivity index (χ1) is 54.7. The molecule has 2 heterocycles. The van der Waals surface area contributed by atoms with Gasteiger partial charge in [-0.15, -0.1) is 0 Å². The number of ether oxygens (including phenoxy) is 2. The molecule has 0 unspecified atom stereocenters. The third-order valence-electron chi connectivity index (χ3n) is 14.3. The Morgan fingerprint density at radius 2 is 0.786 bits per heavy atom. The number of aliphatic hydroxyl groups is 3. The van der Waals surface area contributed by atoms with Crippen molar-refractivity contribution in [3.63, 3.8) is 0 Å². The summed E-state index contributed by atoms with van der Waals surface area (Å²) in [6, 6.07) is 39.6. The number of rotatable bonds is 14. The zero-order valence-electron chi connectivity index (χ0n) is 61.7. The topological polar surface area (TPSA) is 364 Å². The van der Waals surface area contributed by atoms with Gasteiger partial charge in [0.25, 0.3) is 9.05 Å². The maximum Gasteiger partial charge on any atom is 0.488 e. The lowest BCUT2D eigenvalue weighted by Crippen LogP contribution is -2.29. The van der Waals surface area contributed by atoms with Crippen LogP contribution in [0.5, 0.6) is 11.5 Å². The van der Waals surface area contributed by atoms with E-state index in [0.717, 1.165) is 78.4 Å². The second-order valence-corrected chi connectivity index (χ2v) is 33.6. The Bertz CT molecular complexity index is 5080. The molecule has 0 spiro atoms. The van der Waals surface area contributed by atoms with Crippen LogP contribution in [0.3, 0.4) is 0 Å². The third kappa shape index (κ3) is 35.0. The number of nitrogens with one attached hydrogen (secondary N) is 4. The average Bonchev–Trinajstić information content (AvgIpc) is 1.36. The van der Waals surface area contributed by atoms with Crippen LogP contribution in [0.4, 0.5) is 57.1 Å². The molecule has 0 saturated carbocycles. The van der Waals surface area contributed by atoms with Crippen LogP contribution in [0.2, 0.25) is 0 Å². The SMILES string of the molecule is C.CF.CI.Cc1ccc(B(O)O)cc1.NCCO.O=S(=O)(Cl)c1cc(Br)ccc1F.O=S(=O)(NCCO)c1cc(-c2ccc(C(F)(F)F)cc2)ccc1F.O=S(=O)(NCCO)c1cc(Br)ccc1F.O=S1(=O)NCCOc2ccc(-c3ccc(C(F)(F)F)cc3)cc21.O=S1(=O)NCCOc2ccc(-c3ccc(C(F)(F)F)cc3)cc21.[2H]C. The zero-order chi connectivity index (χ0) is 89.1. The smallest absolute Gasteiger partial charge is 0.488 e. The largest absolute Gasteiger partial charge is 0.491 e. The summed E-state index contributed by atoms with van der Waals surface area (Å²) < 4.78 is 305. The van der Waals surface area contributed by atoms with E-state index < -0.39 is 130 Å². The van der Waals surface area contributed by atoms with E-state index in [0.29, 0.717) is 55.9 Å². The van der Waals surface area contributed by atoms with Gasteiger partial charge in [0.05, 0.1) is 43.7 Å². The molecule has 0 aliphatic carbocycles. The molecule has 117 heavy (non-hydrogen) atoms. The highest BCUT2D eigenvalue weighted by Gasteiger charge is 2.33. The maximum absolute atomic E-state index is 13.8. The van der Waals surface area contributed by atoms with Crippen molar-refractivity contribution in [3.05, 3.63) is 237 Å². The first kappa shape index (κ1) is 106. The fourth-order valence-corrected chi connectivity index (χ4v) is 15.5. The summed E-state index contributed by atoms with van der Waals surface area (Å²) >= 11 is 8.20. The molecule has 11 N–H and O–H groups in total. The molecular weight excluding hydrogens is 1950 g/mol. The maximum atomic E-state index is 13.8. The van der Waals surface area contributed by atoms with Crippen molar-refractivity contribution in [3.8, 4) is 44.9 Å². The molecule has 45 heteroatoms. The summed E-state index contributed by atoms with van der Waals surface area (Å²) in [4.78, 5) is 0.328. The van der Waals surface area contributed by atoms with E-state index >= 15 is 0 Å². The molecule has 0 atom stereocenters. The molecule has 9 aromatic carbocycles. The number of aliphatic hydroxyl groups excluding tert-OH is 3. The Morgan fingerprint density at radius 3 is 1.09 bits per heavy atom. The Hall–Kier alpha value is -6.94. The van der Waals surface area contributed by atoms with E-state index in [1.165, 1.54) is 86.3 Å². The van der Waals surface area contributed by atoms with Crippen molar-refractivity contribution in [2.75, 3.05) is 77.9 Å². The summed E-state index contributed by atoms with van der Waals surface area (Å²) in [6.45, 7) is 1.94. The van der Waals surface area contributed by atoms with E-state index in [-0.39, 0.29) is 86.9 Å². The average molecular weight is 2030 g/mol. The van der Waals surface area contributed by atoms with Crippen molar-refractivity contribution in [1.82, 2.24) is 18.9 Å². The summed E-state index contributed by atoms with van der Waals surface area (Å²) in [6.07, 6.45) is -13.3. The number of benzene rings is 9. The van der Waals surface area contributed by atoms with Crippen molar-refractivity contribution < 1.29 is 135 Å². The van der Waals surface area contributed by atoms with Crippen LogP contribution < -0.4 is 39.6 Å². The second kappa shape index (κ2) is 49.7. The van der Waals surface area contributed by atoms with Gasteiger partial charge in [0.15, 0.2) is 0 Å². The number of alkyl halides is 11. The minimum Gasteiger partial charge on any atom is -0.491 e. The number of hydrogen-bond acceptors (Lipinski definition) is 18. The monoisotopic (exact) mass is 2020 g/mol. The van der Waals surface area contributed by atoms with Gasteiger partial charge < -0.3 is 40.6 Å². The van der Waals surface area contributed by atoms with E-state index in [9.17, 15) is 99.2 Å². The molecule has 0 fully saturated rings. The fraction of sp³-hybridized carbons (Fsp3) is 0.250.